The van der Waals surface area contributed by atoms with Crippen molar-refractivity contribution in [2.45, 2.75) is 40.9 Å². The molecule has 2 aromatic carbocycles. The maximum Gasteiger partial charge on any atom is 0.300 e. The van der Waals surface area contributed by atoms with Crippen molar-refractivity contribution in [3.8, 4) is 11.5 Å². The summed E-state index contributed by atoms with van der Waals surface area (Å²) in [7, 11) is 0. The van der Waals surface area contributed by atoms with E-state index in [0.29, 0.717) is 22.9 Å². The lowest BCUT2D eigenvalue weighted by Gasteiger charge is -2.18. The van der Waals surface area contributed by atoms with Crippen LogP contribution >= 0.6 is 0 Å². The van der Waals surface area contributed by atoms with Gasteiger partial charge in [-0.25, -0.2) is 0 Å². The lowest BCUT2D eigenvalue weighted by Crippen LogP contribution is -2.20. The van der Waals surface area contributed by atoms with E-state index in [1.807, 2.05) is 24.3 Å². The van der Waals surface area contributed by atoms with Gasteiger partial charge >= 0.3 is 0 Å². The van der Waals surface area contributed by atoms with Gasteiger partial charge < -0.3 is 41.4 Å². The number of carbonyl (C=O) groups is 4. The molecule has 190 valence electrons. The third-order valence-electron chi connectivity index (χ3n) is 2.42. The van der Waals surface area contributed by atoms with Crippen molar-refractivity contribution in [1.82, 2.24) is 0 Å². The summed E-state index contributed by atoms with van der Waals surface area (Å²) in [5.74, 6) is -2.14. The predicted molar refractivity (Wildman–Crippen MR) is 126 cm³/mol. The molecule has 0 aliphatic heterocycles. The van der Waals surface area contributed by atoms with Gasteiger partial charge in [-0.2, -0.15) is 0 Å². The summed E-state index contributed by atoms with van der Waals surface area (Å²) in [6.45, 7) is 6.12. The normalized spacial score (nSPS) is 8.41. The van der Waals surface area contributed by atoms with Gasteiger partial charge in [-0.3, -0.25) is 19.2 Å². The molecule has 8 N–H and O–H groups in total. The van der Waals surface area contributed by atoms with Crippen molar-refractivity contribution < 1.29 is 49.1 Å². The molecule has 0 heterocycles. The van der Waals surface area contributed by atoms with Crippen LogP contribution in [0.15, 0.2) is 48.5 Å². The number of nitrogens with two attached hydrogens (primary N) is 2. The van der Waals surface area contributed by atoms with Crippen LogP contribution in [0.25, 0.3) is 0 Å². The Labute approximate surface area is 197 Å². The van der Waals surface area contributed by atoms with Gasteiger partial charge in [0.25, 0.3) is 23.9 Å². The molecule has 0 aliphatic rings. The second kappa shape index (κ2) is 20.4. The molecule has 0 atom stereocenters. The molecule has 0 unspecified atom stereocenters. The molecule has 12 heteroatoms. The summed E-state index contributed by atoms with van der Waals surface area (Å²) >= 11 is 0. The number of rotatable bonds is 4. The maximum atomic E-state index is 9.00. The van der Waals surface area contributed by atoms with Crippen LogP contribution in [0.5, 0.6) is 11.5 Å². The second-order valence-corrected chi connectivity index (χ2v) is 5.96. The van der Waals surface area contributed by atoms with Crippen LogP contribution in [0, 0.1) is 0 Å². The second-order valence-electron chi connectivity index (χ2n) is 5.96. The lowest BCUT2D eigenvalue weighted by molar-refractivity contribution is -0.135. The Morgan fingerprint density at radius 3 is 1.03 bits per heavy atom. The average Bonchev–Trinajstić information content (AvgIpc) is 2.64. The molecule has 0 amide bonds. The van der Waals surface area contributed by atoms with Crippen LogP contribution < -0.4 is 20.9 Å². The number of hydrogen-bond donors (Lipinski definition) is 6. The van der Waals surface area contributed by atoms with Gasteiger partial charge in [0.05, 0.1) is 11.4 Å². The molecule has 0 radical (unpaired) electrons. The number of ether oxygens (including phenoxy) is 2. The Morgan fingerprint density at radius 2 is 0.824 bits per heavy atom. The Kier molecular flexibility index (Phi) is 20.5. The highest BCUT2D eigenvalue weighted by Gasteiger charge is 2.09. The molecule has 0 bridgehead atoms. The first-order valence-electron chi connectivity index (χ1n) is 9.40. The van der Waals surface area contributed by atoms with Crippen LogP contribution in [-0.4, -0.2) is 50.6 Å². The smallest absolute Gasteiger partial charge is 0.300 e. The van der Waals surface area contributed by atoms with Crippen molar-refractivity contribution in [3.63, 3.8) is 0 Å². The fourth-order valence-corrected chi connectivity index (χ4v) is 1.56. The summed E-state index contributed by atoms with van der Waals surface area (Å²) in [4.78, 5) is 36.0. The monoisotopic (exact) mass is 484 g/mol. The van der Waals surface area contributed by atoms with E-state index < -0.39 is 30.2 Å². The number of hydrogen-bond acceptors (Lipinski definition) is 8. The highest BCUT2D eigenvalue weighted by atomic mass is 16.7. The van der Waals surface area contributed by atoms with E-state index in [2.05, 4.69) is 0 Å². The zero-order valence-corrected chi connectivity index (χ0v) is 19.6. The summed E-state index contributed by atoms with van der Waals surface area (Å²) in [5, 5.41) is 29.7. The predicted octanol–water partition coefficient (Wildman–Crippen LogP) is 3.02. The first-order valence-corrected chi connectivity index (χ1v) is 9.40. The summed E-state index contributed by atoms with van der Waals surface area (Å²) in [5.41, 5.74) is 12.7. The number of aliphatic carboxylic acids is 4. The van der Waals surface area contributed by atoms with Gasteiger partial charge in [0.2, 0.25) is 6.29 Å². The molecule has 0 spiro atoms. The Morgan fingerprint density at radius 1 is 0.618 bits per heavy atom. The Bertz CT molecular complexity index is 776. The van der Waals surface area contributed by atoms with E-state index in [1.165, 1.54) is 0 Å². The minimum atomic E-state index is -0.833. The van der Waals surface area contributed by atoms with E-state index in [0.717, 1.165) is 27.7 Å². The molecule has 0 fully saturated rings. The number of carboxylic acid groups (broad SMARTS) is 4. The van der Waals surface area contributed by atoms with Crippen LogP contribution in [0.2, 0.25) is 0 Å². The van der Waals surface area contributed by atoms with Crippen molar-refractivity contribution in [2.75, 3.05) is 11.5 Å². The van der Waals surface area contributed by atoms with Crippen LogP contribution in [0.3, 0.4) is 0 Å². The fraction of sp³-hybridized carbons (Fsp3) is 0.273. The van der Waals surface area contributed by atoms with Gasteiger partial charge in [0.1, 0.15) is 11.5 Å². The molecule has 2 aromatic rings. The molecule has 0 aromatic heterocycles. The fourth-order valence-electron chi connectivity index (χ4n) is 1.56. The van der Waals surface area contributed by atoms with Crippen molar-refractivity contribution >= 4 is 35.3 Å². The lowest BCUT2D eigenvalue weighted by atomic mass is 10.3. The molecule has 0 aliphatic carbocycles. The van der Waals surface area contributed by atoms with E-state index in [-0.39, 0.29) is 0 Å². The highest BCUT2D eigenvalue weighted by Crippen LogP contribution is 2.24. The van der Waals surface area contributed by atoms with Crippen LogP contribution in [0.1, 0.15) is 34.6 Å². The quantitative estimate of drug-likeness (QED) is 0.272. The van der Waals surface area contributed by atoms with E-state index >= 15 is 0 Å². The molecule has 12 nitrogen and oxygen atoms in total. The first-order chi connectivity index (χ1) is 15.6. The van der Waals surface area contributed by atoms with Crippen molar-refractivity contribution in [2.24, 2.45) is 0 Å². The molecule has 0 saturated carbocycles. The minimum absolute atomic E-state index is 0.473. The topological polar surface area (TPSA) is 220 Å². The van der Waals surface area contributed by atoms with Gasteiger partial charge in [-0.1, -0.05) is 24.3 Å². The summed E-state index contributed by atoms with van der Waals surface area (Å²) in [6.07, 6.45) is -0.473. The third-order valence-corrected chi connectivity index (χ3v) is 2.42. The van der Waals surface area contributed by atoms with Crippen molar-refractivity contribution in [1.29, 1.82) is 0 Å². The molecule has 2 rings (SSSR count). The number of benzene rings is 2. The zero-order chi connectivity index (χ0) is 27.3. The Balaban J connectivity index is -0.000000492. The SMILES string of the molecule is CC(=O)O.CC(=O)O.CC(=O)O.CC(=O)O.CC(Oc1ccccc1N)Oc1ccccc1N. The standard InChI is InChI=1S/C14H16N2O2.4C2H4O2/c1-10(17-13-8-4-2-6-11(13)15)18-14-9-5-3-7-12(14)16;4*1-2(3)4/h2-10H,15-16H2,1H3;4*1H3,(H,3,4). The summed E-state index contributed by atoms with van der Waals surface area (Å²) in [6, 6.07) is 14.6. The van der Waals surface area contributed by atoms with Gasteiger partial charge in [-0.15, -0.1) is 0 Å². The van der Waals surface area contributed by atoms with Gasteiger partial charge in [0, 0.05) is 34.6 Å². The molecule has 0 saturated heterocycles. The Hall–Kier alpha value is -4.48. The molecular formula is C22H32N2O10. The summed E-state index contributed by atoms with van der Waals surface area (Å²) < 4.78 is 11.2. The minimum Gasteiger partial charge on any atom is -0.481 e. The van der Waals surface area contributed by atoms with E-state index in [4.69, 9.17) is 60.5 Å². The van der Waals surface area contributed by atoms with Crippen molar-refractivity contribution in [3.05, 3.63) is 48.5 Å². The molecular weight excluding hydrogens is 452 g/mol. The number of para-hydroxylation sites is 4. The third kappa shape index (κ3) is 29.7. The van der Waals surface area contributed by atoms with Gasteiger partial charge in [0.15, 0.2) is 0 Å². The van der Waals surface area contributed by atoms with Crippen LogP contribution in [-0.2, 0) is 19.2 Å². The van der Waals surface area contributed by atoms with E-state index in [9.17, 15) is 0 Å². The molecule has 34 heavy (non-hydrogen) atoms. The van der Waals surface area contributed by atoms with E-state index in [1.54, 1.807) is 31.2 Å². The maximum absolute atomic E-state index is 9.00. The highest BCUT2D eigenvalue weighted by molar-refractivity contribution is 5.63. The van der Waals surface area contributed by atoms with Gasteiger partial charge in [-0.05, 0) is 24.3 Å². The largest absolute Gasteiger partial charge is 0.481 e. The number of nitrogen functional groups attached to an aromatic ring is 2. The van der Waals surface area contributed by atoms with Crippen LogP contribution in [0.4, 0.5) is 11.4 Å². The number of anilines is 2. The first kappa shape index (κ1) is 34.1. The average molecular weight is 485 g/mol. The zero-order valence-electron chi connectivity index (χ0n) is 19.6. The number of carboxylic acids is 4.